The number of amides is 2. The standard InChI is InChI=1S/C39H49N7O4/c1-27(2)46-24-30(21-43-46)32-19-34(42-26-41-32)45(35(47)39(10-6-5-7-11-39)50-36(48)44-22-29(20-40)23-44)25-37-12-15-38(16-13-37,17-14-37)31-8-9-33(49-4)28(3)18-31/h8-9,18-19,21,24,26-27,29H,5-7,10-17,22-23,25H2,1-4H3. The molecule has 0 atom stereocenters. The molecule has 50 heavy (non-hydrogen) atoms. The summed E-state index contributed by atoms with van der Waals surface area (Å²) in [5.41, 5.74) is 2.85. The summed E-state index contributed by atoms with van der Waals surface area (Å²) < 4.78 is 13.7. The van der Waals surface area contributed by atoms with Gasteiger partial charge in [0.2, 0.25) is 0 Å². The van der Waals surface area contributed by atoms with E-state index in [1.165, 1.54) is 11.9 Å². The largest absolute Gasteiger partial charge is 0.496 e. The van der Waals surface area contributed by atoms with Gasteiger partial charge in [-0.15, -0.1) is 0 Å². The second-order valence-corrected chi connectivity index (χ2v) is 15.6. The van der Waals surface area contributed by atoms with E-state index in [1.807, 2.05) is 21.8 Å². The van der Waals surface area contributed by atoms with Gasteiger partial charge in [0.1, 0.15) is 17.9 Å². The van der Waals surface area contributed by atoms with E-state index in [2.05, 4.69) is 55.1 Å². The molecule has 264 valence electrons. The Kier molecular flexibility index (Phi) is 9.08. The highest BCUT2D eigenvalue weighted by molar-refractivity contribution is 6.00. The number of nitrogens with zero attached hydrogens (tertiary/aromatic N) is 7. The zero-order valence-electron chi connectivity index (χ0n) is 29.9. The average Bonchev–Trinajstić information content (AvgIpc) is 3.62. The van der Waals surface area contributed by atoms with Crippen molar-refractivity contribution in [1.82, 2.24) is 24.6 Å². The molecule has 8 rings (SSSR count). The molecule has 2 bridgehead atoms. The summed E-state index contributed by atoms with van der Waals surface area (Å²) in [6.45, 7) is 7.44. The van der Waals surface area contributed by atoms with E-state index in [9.17, 15) is 10.1 Å². The molecule has 1 saturated heterocycles. The first kappa shape index (κ1) is 34.0. The van der Waals surface area contributed by atoms with Crippen molar-refractivity contribution >= 4 is 17.8 Å². The molecule has 1 aliphatic heterocycles. The van der Waals surface area contributed by atoms with E-state index < -0.39 is 11.7 Å². The number of fused-ring (bicyclic) bond motifs is 3. The minimum absolute atomic E-state index is 0.0794. The van der Waals surface area contributed by atoms with Gasteiger partial charge in [-0.2, -0.15) is 10.4 Å². The van der Waals surface area contributed by atoms with Crippen LogP contribution in [0.15, 0.2) is 43.0 Å². The van der Waals surface area contributed by atoms with Crippen molar-refractivity contribution in [3.8, 4) is 23.1 Å². The van der Waals surface area contributed by atoms with Gasteiger partial charge in [-0.1, -0.05) is 18.6 Å². The summed E-state index contributed by atoms with van der Waals surface area (Å²) in [6.07, 6.45) is 14.5. The molecule has 5 fully saturated rings. The second-order valence-electron chi connectivity index (χ2n) is 15.6. The Labute approximate surface area is 295 Å². The van der Waals surface area contributed by atoms with Gasteiger partial charge in [0.15, 0.2) is 5.60 Å². The maximum absolute atomic E-state index is 15.2. The number of benzene rings is 1. The Balaban J connectivity index is 1.20. The number of anilines is 1. The van der Waals surface area contributed by atoms with Gasteiger partial charge in [-0.3, -0.25) is 14.4 Å². The van der Waals surface area contributed by atoms with E-state index in [0.29, 0.717) is 44.0 Å². The molecule has 5 aliphatic rings. The lowest BCUT2D eigenvalue weighted by Crippen LogP contribution is -2.59. The van der Waals surface area contributed by atoms with Crippen molar-refractivity contribution in [2.75, 3.05) is 31.6 Å². The number of likely N-dealkylation sites (tertiary alicyclic amines) is 1. The van der Waals surface area contributed by atoms with Crippen LogP contribution in [0.25, 0.3) is 11.3 Å². The quantitative estimate of drug-likeness (QED) is 0.233. The first-order valence-corrected chi connectivity index (χ1v) is 18.3. The zero-order chi connectivity index (χ0) is 35.1. The number of ether oxygens (including phenoxy) is 2. The van der Waals surface area contributed by atoms with Crippen molar-refractivity contribution in [3.05, 3.63) is 54.1 Å². The highest BCUT2D eigenvalue weighted by atomic mass is 16.6. The van der Waals surface area contributed by atoms with Crippen molar-refractivity contribution < 1.29 is 19.1 Å². The molecule has 0 N–H and O–H groups in total. The SMILES string of the molecule is COc1ccc(C23CCC(CN(C(=O)C4(OC(=O)N5CC(C#N)C5)CCCCC4)c4cc(-c5cnn(C(C)C)c5)ncn4)(CC2)CC3)cc1C. The normalized spacial score (nSPS) is 24.4. The number of aryl methyl sites for hydroxylation is 1. The lowest BCUT2D eigenvalue weighted by Gasteiger charge is -2.55. The number of hydrogen-bond acceptors (Lipinski definition) is 8. The number of carbonyl (C=O) groups excluding carboxylic acids is 2. The third-order valence-electron chi connectivity index (χ3n) is 12.2. The highest BCUT2D eigenvalue weighted by Gasteiger charge is 2.53. The third kappa shape index (κ3) is 6.22. The van der Waals surface area contributed by atoms with Crippen LogP contribution < -0.4 is 9.64 Å². The van der Waals surface area contributed by atoms with Crippen LogP contribution in [0.2, 0.25) is 0 Å². The van der Waals surface area contributed by atoms with Crippen LogP contribution in [0.5, 0.6) is 5.75 Å². The summed E-state index contributed by atoms with van der Waals surface area (Å²) in [5.74, 6) is 1.04. The maximum Gasteiger partial charge on any atom is 0.410 e. The summed E-state index contributed by atoms with van der Waals surface area (Å²) in [6, 6.07) is 10.9. The molecule has 2 amide bonds. The first-order valence-electron chi connectivity index (χ1n) is 18.3. The number of nitriles is 1. The fourth-order valence-corrected chi connectivity index (χ4v) is 8.81. The summed E-state index contributed by atoms with van der Waals surface area (Å²) in [5, 5.41) is 13.8. The first-order chi connectivity index (χ1) is 24.1. The number of carbonyl (C=O) groups is 2. The average molecular weight is 680 g/mol. The molecule has 3 heterocycles. The highest BCUT2D eigenvalue weighted by Crippen LogP contribution is 2.58. The molecule has 1 aromatic carbocycles. The summed E-state index contributed by atoms with van der Waals surface area (Å²) in [7, 11) is 1.72. The molecule has 0 spiro atoms. The Hall–Kier alpha value is -4.46. The van der Waals surface area contributed by atoms with Gasteiger partial charge >= 0.3 is 6.09 Å². The lowest BCUT2D eigenvalue weighted by molar-refractivity contribution is -0.143. The molecule has 3 aromatic rings. The van der Waals surface area contributed by atoms with E-state index in [1.54, 1.807) is 18.2 Å². The Morgan fingerprint density at radius 3 is 2.36 bits per heavy atom. The van der Waals surface area contributed by atoms with Gasteiger partial charge in [0.05, 0.1) is 31.0 Å². The topological polar surface area (TPSA) is 126 Å². The lowest BCUT2D eigenvalue weighted by atomic mass is 9.51. The van der Waals surface area contributed by atoms with E-state index in [4.69, 9.17) is 14.5 Å². The molecular formula is C39H49N7O4. The van der Waals surface area contributed by atoms with Gasteiger partial charge in [0, 0.05) is 43.5 Å². The minimum Gasteiger partial charge on any atom is -0.496 e. The predicted molar refractivity (Wildman–Crippen MR) is 189 cm³/mol. The van der Waals surface area contributed by atoms with Gasteiger partial charge < -0.3 is 14.4 Å². The second kappa shape index (κ2) is 13.3. The van der Waals surface area contributed by atoms with E-state index in [0.717, 1.165) is 74.7 Å². The Morgan fingerprint density at radius 1 is 1.02 bits per heavy atom. The number of aromatic nitrogens is 4. The van der Waals surface area contributed by atoms with Gasteiger partial charge in [0.25, 0.3) is 5.91 Å². The van der Waals surface area contributed by atoms with Crippen LogP contribution in [0, 0.1) is 29.6 Å². The van der Waals surface area contributed by atoms with Crippen molar-refractivity contribution in [2.24, 2.45) is 11.3 Å². The van der Waals surface area contributed by atoms with Crippen molar-refractivity contribution in [1.29, 1.82) is 5.26 Å². The number of methoxy groups -OCH3 is 1. The molecule has 11 heteroatoms. The zero-order valence-corrected chi connectivity index (χ0v) is 29.9. The monoisotopic (exact) mass is 679 g/mol. The third-order valence-corrected chi connectivity index (χ3v) is 12.2. The van der Waals surface area contributed by atoms with E-state index >= 15 is 4.79 Å². The van der Waals surface area contributed by atoms with Crippen LogP contribution >= 0.6 is 0 Å². The fraction of sp³-hybridized carbons (Fsp3) is 0.590. The molecule has 0 radical (unpaired) electrons. The number of hydrogen-bond donors (Lipinski definition) is 0. The van der Waals surface area contributed by atoms with Crippen LogP contribution in [-0.4, -0.2) is 69.0 Å². The van der Waals surface area contributed by atoms with Gasteiger partial charge in [-0.05, 0) is 113 Å². The van der Waals surface area contributed by atoms with E-state index in [-0.39, 0.29) is 28.7 Å². The molecule has 0 unspecified atom stereocenters. The van der Waals surface area contributed by atoms with Crippen LogP contribution in [-0.2, 0) is 14.9 Å². The molecule has 2 aromatic heterocycles. The summed E-state index contributed by atoms with van der Waals surface area (Å²) >= 11 is 0. The molecule has 4 saturated carbocycles. The molecule has 4 aliphatic carbocycles. The Morgan fingerprint density at radius 2 is 1.74 bits per heavy atom. The van der Waals surface area contributed by atoms with Gasteiger partial charge in [-0.25, -0.2) is 14.8 Å². The summed E-state index contributed by atoms with van der Waals surface area (Å²) in [4.78, 5) is 41.3. The molecular weight excluding hydrogens is 630 g/mol. The minimum atomic E-state index is -1.29. The predicted octanol–water partition coefficient (Wildman–Crippen LogP) is 7.16. The van der Waals surface area contributed by atoms with Crippen LogP contribution in [0.4, 0.5) is 10.6 Å². The van der Waals surface area contributed by atoms with Crippen molar-refractivity contribution in [3.63, 3.8) is 0 Å². The Bertz CT molecular complexity index is 1760. The maximum atomic E-state index is 15.2. The van der Waals surface area contributed by atoms with Crippen molar-refractivity contribution in [2.45, 2.75) is 108 Å². The van der Waals surface area contributed by atoms with Crippen LogP contribution in [0.1, 0.15) is 102 Å². The fourth-order valence-electron chi connectivity index (χ4n) is 8.81. The smallest absolute Gasteiger partial charge is 0.410 e. The molecule has 11 nitrogen and oxygen atoms in total. The van der Waals surface area contributed by atoms with Crippen LogP contribution in [0.3, 0.4) is 0 Å². The number of rotatable bonds is 9.